The predicted molar refractivity (Wildman–Crippen MR) is 78.3 cm³/mol. The normalized spacial score (nSPS) is 26.3. The van der Waals surface area contributed by atoms with Crippen molar-refractivity contribution in [2.45, 2.75) is 38.1 Å². The van der Waals surface area contributed by atoms with Gasteiger partial charge in [0.2, 0.25) is 0 Å². The van der Waals surface area contributed by atoms with Crippen LogP contribution in [0.4, 0.5) is 4.39 Å². The van der Waals surface area contributed by atoms with Gasteiger partial charge in [0.05, 0.1) is 10.6 Å². The van der Waals surface area contributed by atoms with E-state index in [2.05, 4.69) is 12.2 Å². The van der Waals surface area contributed by atoms with Crippen molar-refractivity contribution in [1.82, 2.24) is 5.32 Å². The molecule has 0 radical (unpaired) electrons. The number of benzene rings is 1. The van der Waals surface area contributed by atoms with E-state index in [0.29, 0.717) is 12.5 Å². The van der Waals surface area contributed by atoms with Crippen molar-refractivity contribution in [3.63, 3.8) is 0 Å². The number of hydrogen-bond acceptors (Lipinski definition) is 2. The molecular formula is C15H20ClFN2O. The molecule has 0 aliphatic heterocycles. The maximum absolute atomic E-state index is 13.4. The van der Waals surface area contributed by atoms with Crippen LogP contribution >= 0.6 is 11.6 Å². The van der Waals surface area contributed by atoms with Crippen molar-refractivity contribution < 1.29 is 9.18 Å². The van der Waals surface area contributed by atoms with Gasteiger partial charge >= 0.3 is 0 Å². The average Bonchev–Trinajstić information content (AvgIpc) is 2.44. The predicted octanol–water partition coefficient (Wildman–Crippen LogP) is 3.12. The van der Waals surface area contributed by atoms with E-state index in [1.165, 1.54) is 12.1 Å². The maximum Gasteiger partial charge on any atom is 0.251 e. The summed E-state index contributed by atoms with van der Waals surface area (Å²) in [4.78, 5) is 12.3. The van der Waals surface area contributed by atoms with Gasteiger partial charge in [-0.2, -0.15) is 0 Å². The zero-order valence-corrected chi connectivity index (χ0v) is 12.3. The lowest BCUT2D eigenvalue weighted by molar-refractivity contribution is 0.0812. The summed E-state index contributed by atoms with van der Waals surface area (Å²) < 4.78 is 13.4. The van der Waals surface area contributed by atoms with Gasteiger partial charge in [0, 0.05) is 12.1 Å². The van der Waals surface area contributed by atoms with Crippen molar-refractivity contribution in [2.75, 3.05) is 6.54 Å². The quantitative estimate of drug-likeness (QED) is 0.901. The van der Waals surface area contributed by atoms with Gasteiger partial charge < -0.3 is 11.1 Å². The summed E-state index contributed by atoms with van der Waals surface area (Å²) in [7, 11) is 0. The van der Waals surface area contributed by atoms with E-state index in [1.807, 2.05) is 0 Å². The van der Waals surface area contributed by atoms with Crippen LogP contribution in [0.5, 0.6) is 0 Å². The minimum Gasteiger partial charge on any atom is -0.345 e. The smallest absolute Gasteiger partial charge is 0.251 e. The van der Waals surface area contributed by atoms with Crippen LogP contribution < -0.4 is 11.1 Å². The molecule has 2 atom stereocenters. The Labute approximate surface area is 123 Å². The fraction of sp³-hybridized carbons (Fsp3) is 0.533. The van der Waals surface area contributed by atoms with Crippen LogP contribution in [-0.4, -0.2) is 18.0 Å². The van der Waals surface area contributed by atoms with Crippen LogP contribution in [-0.2, 0) is 0 Å². The number of carbonyl (C=O) groups is 1. The first-order chi connectivity index (χ1) is 9.48. The Morgan fingerprint density at radius 1 is 1.55 bits per heavy atom. The van der Waals surface area contributed by atoms with Crippen LogP contribution in [0.2, 0.25) is 5.02 Å². The highest BCUT2D eigenvalue weighted by molar-refractivity contribution is 6.30. The largest absolute Gasteiger partial charge is 0.345 e. The molecule has 0 spiro atoms. The highest BCUT2D eigenvalue weighted by Gasteiger charge is 2.38. The molecule has 2 unspecified atom stereocenters. The summed E-state index contributed by atoms with van der Waals surface area (Å²) in [5, 5.41) is 3.04. The summed E-state index contributed by atoms with van der Waals surface area (Å²) in [6.45, 7) is 2.50. The number of hydrogen-bond donors (Lipinski definition) is 2. The van der Waals surface area contributed by atoms with Crippen LogP contribution in [0.3, 0.4) is 0 Å². The summed E-state index contributed by atoms with van der Waals surface area (Å²) in [5.74, 6) is -0.556. The second-order valence-corrected chi connectivity index (χ2v) is 6.00. The average molecular weight is 299 g/mol. The minimum atomic E-state index is -0.585. The lowest BCUT2D eigenvalue weighted by Gasteiger charge is -2.42. The van der Waals surface area contributed by atoms with Crippen molar-refractivity contribution in [1.29, 1.82) is 0 Å². The topological polar surface area (TPSA) is 55.1 Å². The van der Waals surface area contributed by atoms with Gasteiger partial charge in [-0.1, -0.05) is 31.4 Å². The van der Waals surface area contributed by atoms with E-state index in [-0.39, 0.29) is 22.0 Å². The third-order valence-corrected chi connectivity index (χ3v) is 4.67. The summed E-state index contributed by atoms with van der Waals surface area (Å²) in [5.41, 5.74) is 5.79. The fourth-order valence-corrected chi connectivity index (χ4v) is 3.01. The number of nitrogens with two attached hydrogens (primary N) is 1. The number of carbonyl (C=O) groups excluding carboxylic acids is 1. The number of halogens is 2. The van der Waals surface area contributed by atoms with E-state index >= 15 is 0 Å². The molecule has 2 rings (SSSR count). The lowest BCUT2D eigenvalue weighted by Crippen LogP contribution is -2.59. The van der Waals surface area contributed by atoms with E-state index in [4.69, 9.17) is 17.3 Å². The Morgan fingerprint density at radius 3 is 2.90 bits per heavy atom. The zero-order valence-electron chi connectivity index (χ0n) is 11.6. The van der Waals surface area contributed by atoms with E-state index in [0.717, 1.165) is 31.7 Å². The van der Waals surface area contributed by atoms with Crippen molar-refractivity contribution in [2.24, 2.45) is 11.7 Å². The van der Waals surface area contributed by atoms with Gasteiger partial charge in [0.1, 0.15) is 5.82 Å². The van der Waals surface area contributed by atoms with Gasteiger partial charge in [0.15, 0.2) is 0 Å². The fourth-order valence-electron chi connectivity index (χ4n) is 2.89. The molecule has 0 aromatic heterocycles. The Bertz CT molecular complexity index is 509. The van der Waals surface area contributed by atoms with Crippen LogP contribution in [0.25, 0.3) is 0 Å². The van der Waals surface area contributed by atoms with E-state index in [1.54, 1.807) is 0 Å². The highest BCUT2D eigenvalue weighted by Crippen LogP contribution is 2.33. The molecule has 5 heteroatoms. The molecule has 0 saturated heterocycles. The van der Waals surface area contributed by atoms with Gasteiger partial charge in [-0.15, -0.1) is 0 Å². The van der Waals surface area contributed by atoms with Crippen LogP contribution in [0.15, 0.2) is 18.2 Å². The Balaban J connectivity index is 2.18. The van der Waals surface area contributed by atoms with Crippen LogP contribution in [0.1, 0.15) is 43.0 Å². The van der Waals surface area contributed by atoms with Gasteiger partial charge in [0.25, 0.3) is 5.91 Å². The molecule has 1 aromatic carbocycles. The standard InChI is InChI=1S/C15H20ClFN2O/c1-10-4-2-3-7-15(10,9-18)19-14(20)11-5-6-12(16)13(17)8-11/h5-6,8,10H,2-4,7,9,18H2,1H3,(H,19,20). The molecule has 1 aliphatic carbocycles. The first-order valence-corrected chi connectivity index (χ1v) is 7.34. The van der Waals surface area contributed by atoms with Gasteiger partial charge in [-0.25, -0.2) is 4.39 Å². The van der Waals surface area contributed by atoms with Crippen molar-refractivity contribution in [3.05, 3.63) is 34.6 Å². The Morgan fingerprint density at radius 2 is 2.30 bits per heavy atom. The zero-order chi connectivity index (χ0) is 14.8. The molecule has 3 N–H and O–H groups in total. The molecule has 20 heavy (non-hydrogen) atoms. The molecule has 110 valence electrons. The molecular weight excluding hydrogens is 279 g/mol. The summed E-state index contributed by atoms with van der Waals surface area (Å²) in [6.07, 6.45) is 4.13. The third kappa shape index (κ3) is 2.96. The molecule has 0 heterocycles. The van der Waals surface area contributed by atoms with Gasteiger partial charge in [-0.3, -0.25) is 4.79 Å². The molecule has 1 saturated carbocycles. The number of amides is 1. The summed E-state index contributed by atoms with van der Waals surface area (Å²) >= 11 is 5.63. The number of rotatable bonds is 3. The third-order valence-electron chi connectivity index (χ3n) is 4.36. The second-order valence-electron chi connectivity index (χ2n) is 5.59. The van der Waals surface area contributed by atoms with E-state index < -0.39 is 5.82 Å². The summed E-state index contributed by atoms with van der Waals surface area (Å²) in [6, 6.07) is 4.08. The van der Waals surface area contributed by atoms with Crippen LogP contribution in [0, 0.1) is 11.7 Å². The molecule has 1 aliphatic rings. The second kappa shape index (κ2) is 6.10. The van der Waals surface area contributed by atoms with Gasteiger partial charge in [-0.05, 0) is 37.0 Å². The highest BCUT2D eigenvalue weighted by atomic mass is 35.5. The van der Waals surface area contributed by atoms with E-state index in [9.17, 15) is 9.18 Å². The molecule has 1 aromatic rings. The first-order valence-electron chi connectivity index (χ1n) is 6.96. The molecule has 1 fully saturated rings. The SMILES string of the molecule is CC1CCCCC1(CN)NC(=O)c1ccc(Cl)c(F)c1. The van der Waals surface area contributed by atoms with Crippen molar-refractivity contribution >= 4 is 17.5 Å². The molecule has 0 bridgehead atoms. The number of nitrogens with one attached hydrogen (secondary N) is 1. The first kappa shape index (κ1) is 15.3. The Kier molecular flexibility index (Phi) is 4.66. The Hall–Kier alpha value is -1.13. The maximum atomic E-state index is 13.4. The molecule has 1 amide bonds. The monoisotopic (exact) mass is 298 g/mol. The van der Waals surface area contributed by atoms with Crippen molar-refractivity contribution in [3.8, 4) is 0 Å². The lowest BCUT2D eigenvalue weighted by atomic mass is 9.73. The molecule has 3 nitrogen and oxygen atoms in total. The minimum absolute atomic E-state index is 0.0149.